The minimum atomic E-state index is -3.37. The summed E-state index contributed by atoms with van der Waals surface area (Å²) in [5.74, 6) is -0.244. The topological polar surface area (TPSA) is 92.3 Å². The number of hydrogen-bond acceptors (Lipinski definition) is 4. The van der Waals surface area contributed by atoms with Gasteiger partial charge in [-0.05, 0) is 19.8 Å². The largest absolute Gasteiger partial charge is 0.214 e. The van der Waals surface area contributed by atoms with Gasteiger partial charge in [0, 0.05) is 12.6 Å². The predicted molar refractivity (Wildman–Crippen MR) is 66.6 cm³/mol. The van der Waals surface area contributed by atoms with Gasteiger partial charge in [-0.2, -0.15) is 0 Å². The molecular weight excluding hydrogens is 264 g/mol. The van der Waals surface area contributed by atoms with Crippen molar-refractivity contribution in [2.24, 2.45) is 0 Å². The highest BCUT2D eigenvalue weighted by Gasteiger charge is 2.21. The first-order chi connectivity index (χ1) is 7.85. The van der Waals surface area contributed by atoms with Crippen LogP contribution < -0.4 is 9.44 Å². The third-order valence-corrected chi connectivity index (χ3v) is 5.61. The van der Waals surface area contributed by atoms with Crippen LogP contribution in [-0.2, 0) is 20.0 Å². The van der Waals surface area contributed by atoms with Crippen molar-refractivity contribution >= 4 is 20.0 Å². The molecule has 0 aliphatic heterocycles. The van der Waals surface area contributed by atoms with Crippen LogP contribution in [0.4, 0.5) is 0 Å². The van der Waals surface area contributed by atoms with Crippen molar-refractivity contribution in [1.82, 2.24) is 9.44 Å². The van der Waals surface area contributed by atoms with Crippen molar-refractivity contribution < 1.29 is 16.8 Å². The number of sulfonamides is 2. The van der Waals surface area contributed by atoms with Crippen LogP contribution >= 0.6 is 0 Å². The molecule has 1 rings (SSSR count). The van der Waals surface area contributed by atoms with Crippen LogP contribution in [0.1, 0.15) is 32.6 Å². The molecule has 0 aromatic rings. The molecule has 0 heterocycles. The summed E-state index contributed by atoms with van der Waals surface area (Å²) in [5, 5.41) is 0. The van der Waals surface area contributed by atoms with E-state index in [0.29, 0.717) is 0 Å². The summed E-state index contributed by atoms with van der Waals surface area (Å²) in [4.78, 5) is 0. The molecule has 1 aliphatic rings. The minimum absolute atomic E-state index is 0.0304. The van der Waals surface area contributed by atoms with Gasteiger partial charge in [-0.25, -0.2) is 26.3 Å². The molecule has 0 unspecified atom stereocenters. The molecule has 0 spiro atoms. The Morgan fingerprint density at radius 2 is 1.65 bits per heavy atom. The van der Waals surface area contributed by atoms with E-state index in [1.54, 1.807) is 0 Å². The monoisotopic (exact) mass is 284 g/mol. The Labute approximate surface area is 103 Å². The SMILES string of the molecule is CCS(=O)(=O)NCCS(=O)(=O)NC1CCCC1. The molecular formula is C9H20N2O4S2. The lowest BCUT2D eigenvalue weighted by atomic mass is 10.3. The van der Waals surface area contributed by atoms with E-state index >= 15 is 0 Å². The molecule has 0 atom stereocenters. The first kappa shape index (κ1) is 14.9. The first-order valence-electron chi connectivity index (χ1n) is 5.82. The molecule has 0 aromatic carbocycles. The Bertz CT molecular complexity index is 424. The summed E-state index contributed by atoms with van der Waals surface area (Å²) >= 11 is 0. The zero-order valence-electron chi connectivity index (χ0n) is 9.98. The molecule has 1 aliphatic carbocycles. The van der Waals surface area contributed by atoms with Gasteiger partial charge in [0.2, 0.25) is 20.0 Å². The number of rotatable bonds is 7. The molecule has 0 saturated heterocycles. The fourth-order valence-electron chi connectivity index (χ4n) is 1.79. The van der Waals surface area contributed by atoms with E-state index in [-0.39, 0.29) is 24.1 Å². The lowest BCUT2D eigenvalue weighted by molar-refractivity contribution is 0.550. The Kier molecular flexibility index (Phi) is 5.36. The molecule has 8 heteroatoms. The summed E-state index contributed by atoms with van der Waals surface area (Å²) in [7, 11) is -6.68. The summed E-state index contributed by atoms with van der Waals surface area (Å²) in [6.07, 6.45) is 3.85. The van der Waals surface area contributed by atoms with Crippen molar-refractivity contribution in [1.29, 1.82) is 0 Å². The number of hydrogen-bond donors (Lipinski definition) is 2. The fourth-order valence-corrected chi connectivity index (χ4v) is 3.77. The van der Waals surface area contributed by atoms with Crippen LogP contribution in [0.15, 0.2) is 0 Å². The molecule has 1 saturated carbocycles. The maximum Gasteiger partial charge on any atom is 0.213 e. The van der Waals surface area contributed by atoms with E-state index in [0.717, 1.165) is 25.7 Å². The zero-order valence-corrected chi connectivity index (χ0v) is 11.6. The molecule has 0 bridgehead atoms. The Morgan fingerprint density at radius 1 is 1.06 bits per heavy atom. The average molecular weight is 284 g/mol. The first-order valence-corrected chi connectivity index (χ1v) is 9.12. The summed E-state index contributed by atoms with van der Waals surface area (Å²) in [6.45, 7) is 1.44. The highest BCUT2D eigenvalue weighted by molar-refractivity contribution is 7.90. The van der Waals surface area contributed by atoms with Crippen LogP contribution in [0.2, 0.25) is 0 Å². The highest BCUT2D eigenvalue weighted by atomic mass is 32.2. The highest BCUT2D eigenvalue weighted by Crippen LogP contribution is 2.18. The fraction of sp³-hybridized carbons (Fsp3) is 1.00. The second-order valence-corrected chi connectivity index (χ2v) is 8.18. The summed E-state index contributed by atoms with van der Waals surface area (Å²) in [6, 6.07) is 0.0304. The molecule has 0 amide bonds. The minimum Gasteiger partial charge on any atom is -0.214 e. The zero-order chi connectivity index (χ0) is 12.9. The van der Waals surface area contributed by atoms with Crippen LogP contribution in [0, 0.1) is 0 Å². The lowest BCUT2D eigenvalue weighted by Crippen LogP contribution is -2.38. The van der Waals surface area contributed by atoms with Gasteiger partial charge in [0.05, 0.1) is 11.5 Å². The van der Waals surface area contributed by atoms with Gasteiger partial charge in [0.15, 0.2) is 0 Å². The summed E-state index contributed by atoms with van der Waals surface area (Å²) < 4.78 is 50.3. The van der Waals surface area contributed by atoms with Crippen LogP contribution in [0.3, 0.4) is 0 Å². The second kappa shape index (κ2) is 6.12. The van der Waals surface area contributed by atoms with Crippen LogP contribution in [0.5, 0.6) is 0 Å². The van der Waals surface area contributed by atoms with Crippen molar-refractivity contribution in [3.63, 3.8) is 0 Å². The Balaban J connectivity index is 2.34. The normalized spacial score (nSPS) is 18.6. The van der Waals surface area contributed by atoms with Gasteiger partial charge in [-0.1, -0.05) is 12.8 Å². The molecule has 1 fully saturated rings. The quantitative estimate of drug-likeness (QED) is 0.676. The van der Waals surface area contributed by atoms with E-state index < -0.39 is 20.0 Å². The van der Waals surface area contributed by atoms with Crippen molar-refractivity contribution in [3.05, 3.63) is 0 Å². The molecule has 0 aromatic heterocycles. The van der Waals surface area contributed by atoms with Gasteiger partial charge in [0.1, 0.15) is 0 Å². The standard InChI is InChI=1S/C9H20N2O4S2/c1-2-16(12,13)10-7-8-17(14,15)11-9-5-3-4-6-9/h9-11H,2-8H2,1H3. The second-order valence-electron chi connectivity index (χ2n) is 4.22. The van der Waals surface area contributed by atoms with Crippen LogP contribution in [-0.4, -0.2) is 40.9 Å². The lowest BCUT2D eigenvalue weighted by Gasteiger charge is -2.12. The van der Waals surface area contributed by atoms with E-state index in [4.69, 9.17) is 0 Å². The smallest absolute Gasteiger partial charge is 0.213 e. The van der Waals surface area contributed by atoms with E-state index in [1.165, 1.54) is 6.92 Å². The summed E-state index contributed by atoms with van der Waals surface area (Å²) in [5.41, 5.74) is 0. The van der Waals surface area contributed by atoms with Crippen molar-refractivity contribution in [2.75, 3.05) is 18.1 Å². The average Bonchev–Trinajstić information content (AvgIpc) is 2.69. The van der Waals surface area contributed by atoms with E-state index in [1.807, 2.05) is 0 Å². The Morgan fingerprint density at radius 3 is 2.18 bits per heavy atom. The van der Waals surface area contributed by atoms with Crippen LogP contribution in [0.25, 0.3) is 0 Å². The van der Waals surface area contributed by atoms with E-state index in [2.05, 4.69) is 9.44 Å². The van der Waals surface area contributed by atoms with Gasteiger partial charge in [-0.3, -0.25) is 0 Å². The third-order valence-electron chi connectivity index (χ3n) is 2.77. The third kappa shape index (κ3) is 5.80. The predicted octanol–water partition coefficient (Wildman–Crippen LogP) is -0.212. The Hall–Kier alpha value is -0.180. The molecule has 17 heavy (non-hydrogen) atoms. The van der Waals surface area contributed by atoms with E-state index in [9.17, 15) is 16.8 Å². The molecule has 6 nitrogen and oxygen atoms in total. The van der Waals surface area contributed by atoms with Crippen molar-refractivity contribution in [2.45, 2.75) is 38.6 Å². The van der Waals surface area contributed by atoms with Gasteiger partial charge in [0.25, 0.3) is 0 Å². The van der Waals surface area contributed by atoms with Crippen molar-refractivity contribution in [3.8, 4) is 0 Å². The number of nitrogens with one attached hydrogen (secondary N) is 2. The maximum absolute atomic E-state index is 11.6. The maximum atomic E-state index is 11.6. The van der Waals surface area contributed by atoms with Gasteiger partial charge in [-0.15, -0.1) is 0 Å². The molecule has 0 radical (unpaired) electrons. The van der Waals surface area contributed by atoms with Gasteiger partial charge < -0.3 is 0 Å². The molecule has 2 N–H and O–H groups in total. The van der Waals surface area contributed by atoms with Gasteiger partial charge >= 0.3 is 0 Å². The molecule has 102 valence electrons.